The van der Waals surface area contributed by atoms with Crippen LogP contribution in [0.25, 0.3) is 10.9 Å². The number of ether oxygens (including phenoxy) is 2. The van der Waals surface area contributed by atoms with Crippen LogP contribution < -0.4 is 9.47 Å². The second kappa shape index (κ2) is 4.80. The van der Waals surface area contributed by atoms with Crippen molar-refractivity contribution in [1.29, 1.82) is 0 Å². The van der Waals surface area contributed by atoms with Crippen molar-refractivity contribution >= 4 is 10.9 Å². The number of rotatable bonds is 3. The Kier molecular flexibility index (Phi) is 3.36. The van der Waals surface area contributed by atoms with Gasteiger partial charge in [-0.05, 0) is 18.9 Å². The van der Waals surface area contributed by atoms with E-state index in [2.05, 4.69) is 23.8 Å². The molecule has 1 heterocycles. The zero-order valence-corrected chi connectivity index (χ0v) is 11.4. The van der Waals surface area contributed by atoms with Crippen molar-refractivity contribution in [3.63, 3.8) is 0 Å². The van der Waals surface area contributed by atoms with Gasteiger partial charge in [0.1, 0.15) is 5.82 Å². The zero-order valence-electron chi connectivity index (χ0n) is 11.4. The molecule has 0 aliphatic rings. The molecular formula is C14H18N2O2. The van der Waals surface area contributed by atoms with E-state index in [-0.39, 0.29) is 0 Å². The van der Waals surface area contributed by atoms with Crippen molar-refractivity contribution < 1.29 is 9.47 Å². The normalized spacial score (nSPS) is 11.0. The van der Waals surface area contributed by atoms with Crippen LogP contribution in [0.1, 0.15) is 31.3 Å². The number of aromatic nitrogens is 2. The minimum atomic E-state index is 0.340. The Hall–Kier alpha value is -1.84. The minimum absolute atomic E-state index is 0.340. The number of aryl methyl sites for hydroxylation is 1. The number of hydrogen-bond donors (Lipinski definition) is 0. The van der Waals surface area contributed by atoms with Crippen LogP contribution in [0.2, 0.25) is 0 Å². The number of fused-ring (bicyclic) bond motifs is 1. The summed E-state index contributed by atoms with van der Waals surface area (Å²) in [5.74, 6) is 2.52. The third-order valence-corrected chi connectivity index (χ3v) is 2.89. The third kappa shape index (κ3) is 2.10. The van der Waals surface area contributed by atoms with E-state index >= 15 is 0 Å². The van der Waals surface area contributed by atoms with Crippen LogP contribution in [-0.4, -0.2) is 24.2 Å². The summed E-state index contributed by atoms with van der Waals surface area (Å²) in [6.45, 7) is 6.15. The second-order valence-corrected chi connectivity index (χ2v) is 4.54. The highest BCUT2D eigenvalue weighted by molar-refractivity contribution is 5.85. The number of methoxy groups -OCH3 is 2. The topological polar surface area (TPSA) is 44.2 Å². The molecule has 0 aliphatic heterocycles. The monoisotopic (exact) mass is 246 g/mol. The molecule has 1 aromatic heterocycles. The van der Waals surface area contributed by atoms with Gasteiger partial charge in [0.15, 0.2) is 11.5 Å². The quantitative estimate of drug-likeness (QED) is 0.834. The first-order valence-electron chi connectivity index (χ1n) is 5.97. The lowest BCUT2D eigenvalue weighted by Crippen LogP contribution is -2.01. The van der Waals surface area contributed by atoms with Crippen LogP contribution in [0.15, 0.2) is 12.1 Å². The summed E-state index contributed by atoms with van der Waals surface area (Å²) in [7, 11) is 3.26. The van der Waals surface area contributed by atoms with Crippen LogP contribution in [0.4, 0.5) is 0 Å². The molecule has 0 saturated carbocycles. The molecule has 0 fully saturated rings. The summed E-state index contributed by atoms with van der Waals surface area (Å²) in [5, 5.41) is 1.02. The molecule has 2 rings (SSSR count). The van der Waals surface area contributed by atoms with Gasteiger partial charge in [-0.25, -0.2) is 9.97 Å². The zero-order chi connectivity index (χ0) is 13.3. The fourth-order valence-electron chi connectivity index (χ4n) is 2.04. The average molecular weight is 246 g/mol. The molecule has 2 aromatic rings. The molecule has 96 valence electrons. The first-order chi connectivity index (χ1) is 8.56. The molecule has 4 heteroatoms. The SMILES string of the molecule is COc1cc2nc(C)nc(C(C)C)c2cc1OC. The summed E-state index contributed by atoms with van der Waals surface area (Å²) in [4.78, 5) is 8.98. The van der Waals surface area contributed by atoms with Gasteiger partial charge in [0.2, 0.25) is 0 Å². The minimum Gasteiger partial charge on any atom is -0.493 e. The maximum atomic E-state index is 5.33. The smallest absolute Gasteiger partial charge is 0.162 e. The van der Waals surface area contributed by atoms with Crippen LogP contribution in [-0.2, 0) is 0 Å². The Morgan fingerprint density at radius 3 is 2.17 bits per heavy atom. The van der Waals surface area contributed by atoms with Crippen LogP contribution in [0.3, 0.4) is 0 Å². The summed E-state index contributed by atoms with van der Waals surface area (Å²) in [6, 6.07) is 3.84. The molecule has 0 atom stereocenters. The van der Waals surface area contributed by atoms with E-state index in [0.717, 1.165) is 22.4 Å². The maximum absolute atomic E-state index is 5.33. The highest BCUT2D eigenvalue weighted by atomic mass is 16.5. The Balaban J connectivity index is 2.79. The number of benzene rings is 1. The fourth-order valence-corrected chi connectivity index (χ4v) is 2.04. The van der Waals surface area contributed by atoms with Crippen molar-refractivity contribution in [3.05, 3.63) is 23.7 Å². The van der Waals surface area contributed by atoms with Crippen molar-refractivity contribution in [2.24, 2.45) is 0 Å². The first-order valence-corrected chi connectivity index (χ1v) is 5.97. The van der Waals surface area contributed by atoms with Gasteiger partial charge in [-0.3, -0.25) is 0 Å². The summed E-state index contributed by atoms with van der Waals surface area (Å²) in [5.41, 5.74) is 1.93. The number of hydrogen-bond acceptors (Lipinski definition) is 4. The largest absolute Gasteiger partial charge is 0.493 e. The molecule has 0 bridgehead atoms. The summed E-state index contributed by atoms with van der Waals surface area (Å²) >= 11 is 0. The van der Waals surface area contributed by atoms with E-state index in [1.54, 1.807) is 14.2 Å². The Bertz CT molecular complexity index is 580. The van der Waals surface area contributed by atoms with E-state index in [9.17, 15) is 0 Å². The lowest BCUT2D eigenvalue weighted by Gasteiger charge is -2.13. The molecule has 0 amide bonds. The van der Waals surface area contributed by atoms with Gasteiger partial charge in [0, 0.05) is 11.5 Å². The van der Waals surface area contributed by atoms with E-state index < -0.39 is 0 Å². The van der Waals surface area contributed by atoms with Crippen molar-refractivity contribution in [1.82, 2.24) is 9.97 Å². The summed E-state index contributed by atoms with van der Waals surface area (Å²) in [6.07, 6.45) is 0. The van der Waals surface area contributed by atoms with Gasteiger partial charge < -0.3 is 9.47 Å². The van der Waals surface area contributed by atoms with Gasteiger partial charge in [-0.1, -0.05) is 13.8 Å². The fraction of sp³-hybridized carbons (Fsp3) is 0.429. The van der Waals surface area contributed by atoms with E-state index in [1.807, 2.05) is 19.1 Å². The van der Waals surface area contributed by atoms with Gasteiger partial charge in [-0.2, -0.15) is 0 Å². The van der Waals surface area contributed by atoms with Gasteiger partial charge in [-0.15, -0.1) is 0 Å². The van der Waals surface area contributed by atoms with E-state index in [0.29, 0.717) is 17.4 Å². The lowest BCUT2D eigenvalue weighted by molar-refractivity contribution is 0.355. The second-order valence-electron chi connectivity index (χ2n) is 4.54. The Morgan fingerprint density at radius 1 is 1.00 bits per heavy atom. The lowest BCUT2D eigenvalue weighted by atomic mass is 10.0. The Morgan fingerprint density at radius 2 is 1.61 bits per heavy atom. The third-order valence-electron chi connectivity index (χ3n) is 2.89. The van der Waals surface area contributed by atoms with Crippen molar-refractivity contribution in [2.75, 3.05) is 14.2 Å². The van der Waals surface area contributed by atoms with Gasteiger partial charge >= 0.3 is 0 Å². The van der Waals surface area contributed by atoms with E-state index in [1.165, 1.54) is 0 Å². The Labute approximate surface area is 107 Å². The number of nitrogens with zero attached hydrogens (tertiary/aromatic N) is 2. The average Bonchev–Trinajstić information content (AvgIpc) is 2.35. The van der Waals surface area contributed by atoms with Gasteiger partial charge in [0.25, 0.3) is 0 Å². The highest BCUT2D eigenvalue weighted by Gasteiger charge is 2.13. The highest BCUT2D eigenvalue weighted by Crippen LogP contribution is 2.34. The molecule has 0 unspecified atom stereocenters. The molecular weight excluding hydrogens is 228 g/mol. The molecule has 0 spiro atoms. The molecule has 0 aliphatic carbocycles. The van der Waals surface area contributed by atoms with Crippen LogP contribution >= 0.6 is 0 Å². The molecule has 1 aromatic carbocycles. The standard InChI is InChI=1S/C14H18N2O2/c1-8(2)14-10-6-12(17-4)13(18-5)7-11(10)15-9(3)16-14/h6-8H,1-5H3. The van der Waals surface area contributed by atoms with Gasteiger partial charge in [0.05, 0.1) is 25.4 Å². The van der Waals surface area contributed by atoms with E-state index in [4.69, 9.17) is 9.47 Å². The molecule has 18 heavy (non-hydrogen) atoms. The molecule has 0 N–H and O–H groups in total. The first kappa shape index (κ1) is 12.6. The maximum Gasteiger partial charge on any atom is 0.162 e. The molecule has 4 nitrogen and oxygen atoms in total. The molecule has 0 saturated heterocycles. The van der Waals surface area contributed by atoms with Crippen LogP contribution in [0.5, 0.6) is 11.5 Å². The molecule has 0 radical (unpaired) electrons. The predicted octanol–water partition coefficient (Wildman–Crippen LogP) is 3.08. The van der Waals surface area contributed by atoms with Crippen molar-refractivity contribution in [2.45, 2.75) is 26.7 Å². The van der Waals surface area contributed by atoms with Crippen LogP contribution in [0, 0.1) is 6.92 Å². The summed E-state index contributed by atoms with van der Waals surface area (Å²) < 4.78 is 10.6. The predicted molar refractivity (Wildman–Crippen MR) is 71.5 cm³/mol. The van der Waals surface area contributed by atoms with Crippen molar-refractivity contribution in [3.8, 4) is 11.5 Å².